The molecule has 0 unspecified atom stereocenters. The van der Waals surface area contributed by atoms with E-state index in [1.807, 2.05) is 54.6 Å². The van der Waals surface area contributed by atoms with Crippen LogP contribution in [0.4, 0.5) is 17.1 Å². The van der Waals surface area contributed by atoms with Gasteiger partial charge in [0.05, 0.1) is 11.3 Å². The Kier molecular flexibility index (Phi) is 9.51. The summed E-state index contributed by atoms with van der Waals surface area (Å²) >= 11 is 0. The topological polar surface area (TPSA) is 64.7 Å². The van der Waals surface area contributed by atoms with Crippen LogP contribution in [0.2, 0.25) is 0 Å². The van der Waals surface area contributed by atoms with Crippen LogP contribution in [0.5, 0.6) is 0 Å². The molecule has 0 aromatic heterocycles. The summed E-state index contributed by atoms with van der Waals surface area (Å²) in [6.07, 6.45) is 1.12. The van der Waals surface area contributed by atoms with Gasteiger partial charge in [-0.3, -0.25) is 9.59 Å². The van der Waals surface area contributed by atoms with Crippen molar-refractivity contribution in [2.45, 2.75) is 26.2 Å². The van der Waals surface area contributed by atoms with Gasteiger partial charge in [-0.2, -0.15) is 0 Å². The number of benzene rings is 3. The first-order valence-corrected chi connectivity index (χ1v) is 12.3. The third-order valence-corrected chi connectivity index (χ3v) is 6.47. The second-order valence-corrected chi connectivity index (χ2v) is 9.42. The van der Waals surface area contributed by atoms with Crippen LogP contribution in [0.15, 0.2) is 72.8 Å². The zero-order valence-electron chi connectivity index (χ0n) is 21.2. The average molecular weight is 507 g/mol. The van der Waals surface area contributed by atoms with E-state index in [4.69, 9.17) is 0 Å². The summed E-state index contributed by atoms with van der Waals surface area (Å²) in [6.45, 7) is 8.39. The smallest absolute Gasteiger partial charge is 0.257 e. The Morgan fingerprint density at radius 2 is 1.47 bits per heavy atom. The molecule has 4 rings (SSSR count). The second kappa shape index (κ2) is 12.6. The Labute approximate surface area is 220 Å². The molecule has 0 radical (unpaired) electrons. The molecule has 3 aromatic carbocycles. The maximum atomic E-state index is 13.0. The van der Waals surface area contributed by atoms with Gasteiger partial charge >= 0.3 is 0 Å². The lowest BCUT2D eigenvalue weighted by Crippen LogP contribution is -2.28. The summed E-state index contributed by atoms with van der Waals surface area (Å²) in [7, 11) is 2.15. The minimum Gasteiger partial charge on any atom is -0.370 e. The number of carbonyl (C=O) groups is 2. The molecule has 1 fully saturated rings. The lowest BCUT2D eigenvalue weighted by molar-refractivity contribution is 0.102. The first-order chi connectivity index (χ1) is 16.9. The molecule has 7 heteroatoms. The highest BCUT2D eigenvalue weighted by Crippen LogP contribution is 2.22. The number of halogens is 1. The number of carbonyl (C=O) groups excluding carboxylic acids is 2. The van der Waals surface area contributed by atoms with Crippen molar-refractivity contribution < 1.29 is 9.59 Å². The molecule has 1 aliphatic heterocycles. The molecular weight excluding hydrogens is 472 g/mol. The lowest BCUT2D eigenvalue weighted by Gasteiger charge is -2.23. The highest BCUT2D eigenvalue weighted by Gasteiger charge is 2.16. The van der Waals surface area contributed by atoms with E-state index in [0.29, 0.717) is 22.7 Å². The van der Waals surface area contributed by atoms with Crippen LogP contribution in [0.1, 0.15) is 52.5 Å². The number of likely N-dealkylation sites (N-methyl/N-ethyl adjacent to an activating group) is 1. The van der Waals surface area contributed by atoms with Crippen molar-refractivity contribution >= 4 is 41.3 Å². The summed E-state index contributed by atoms with van der Waals surface area (Å²) in [5.74, 6) is -0.0795. The molecule has 190 valence electrons. The fourth-order valence-electron chi connectivity index (χ4n) is 4.26. The van der Waals surface area contributed by atoms with Gasteiger partial charge < -0.3 is 20.4 Å². The Bertz CT molecular complexity index is 1160. The number of amides is 2. The minimum atomic E-state index is -0.264. The fraction of sp³-hybridized carbons (Fsp3) is 0.310. The molecule has 0 aliphatic carbocycles. The van der Waals surface area contributed by atoms with Crippen molar-refractivity contribution in [1.82, 2.24) is 4.90 Å². The van der Waals surface area contributed by atoms with Gasteiger partial charge in [0.1, 0.15) is 0 Å². The Morgan fingerprint density at radius 3 is 2.17 bits per heavy atom. The molecule has 2 amide bonds. The zero-order chi connectivity index (χ0) is 24.8. The predicted molar refractivity (Wildman–Crippen MR) is 151 cm³/mol. The van der Waals surface area contributed by atoms with Gasteiger partial charge in [-0.15, -0.1) is 12.4 Å². The van der Waals surface area contributed by atoms with Gasteiger partial charge in [0, 0.05) is 36.6 Å². The van der Waals surface area contributed by atoms with Crippen molar-refractivity contribution in [3.8, 4) is 0 Å². The molecule has 1 aliphatic rings. The van der Waals surface area contributed by atoms with Crippen LogP contribution in [-0.4, -0.2) is 49.9 Å². The molecule has 0 bridgehead atoms. The summed E-state index contributed by atoms with van der Waals surface area (Å²) in [6, 6.07) is 22.6. The quantitative estimate of drug-likeness (QED) is 0.438. The van der Waals surface area contributed by atoms with Crippen molar-refractivity contribution in [3.63, 3.8) is 0 Å². The van der Waals surface area contributed by atoms with Crippen LogP contribution in [0, 0.1) is 0 Å². The Hall–Kier alpha value is -3.35. The number of nitrogens with one attached hydrogen (secondary N) is 2. The third kappa shape index (κ3) is 6.86. The fourth-order valence-corrected chi connectivity index (χ4v) is 4.26. The summed E-state index contributed by atoms with van der Waals surface area (Å²) in [4.78, 5) is 30.6. The van der Waals surface area contributed by atoms with E-state index in [1.165, 1.54) is 5.56 Å². The van der Waals surface area contributed by atoms with Crippen LogP contribution >= 0.6 is 12.4 Å². The Morgan fingerprint density at radius 1 is 0.778 bits per heavy atom. The van der Waals surface area contributed by atoms with Crippen LogP contribution in [0.3, 0.4) is 0 Å². The monoisotopic (exact) mass is 506 g/mol. The van der Waals surface area contributed by atoms with Crippen molar-refractivity contribution in [2.75, 3.05) is 48.8 Å². The van der Waals surface area contributed by atoms with Gasteiger partial charge in [-0.1, -0.05) is 38.1 Å². The summed E-state index contributed by atoms with van der Waals surface area (Å²) < 4.78 is 0. The van der Waals surface area contributed by atoms with Gasteiger partial charge in [-0.25, -0.2) is 0 Å². The molecular formula is C29H35ClN4O2. The molecule has 1 heterocycles. The van der Waals surface area contributed by atoms with Crippen molar-refractivity contribution in [1.29, 1.82) is 0 Å². The minimum absolute atomic E-state index is 0. The van der Waals surface area contributed by atoms with Gasteiger partial charge in [0.2, 0.25) is 0 Å². The molecule has 0 atom stereocenters. The molecule has 1 saturated heterocycles. The van der Waals surface area contributed by atoms with Crippen LogP contribution in [0.25, 0.3) is 0 Å². The predicted octanol–water partition coefficient (Wildman–Crippen LogP) is 5.88. The van der Waals surface area contributed by atoms with Crippen LogP contribution < -0.4 is 15.5 Å². The normalized spacial score (nSPS) is 14.1. The lowest BCUT2D eigenvalue weighted by atomic mass is 10.0. The van der Waals surface area contributed by atoms with E-state index in [9.17, 15) is 9.59 Å². The average Bonchev–Trinajstić information content (AvgIpc) is 3.09. The van der Waals surface area contributed by atoms with E-state index in [-0.39, 0.29) is 24.2 Å². The second-order valence-electron chi connectivity index (χ2n) is 9.42. The highest BCUT2D eigenvalue weighted by molar-refractivity contribution is 6.12. The van der Waals surface area contributed by atoms with Gasteiger partial charge in [0.25, 0.3) is 11.8 Å². The number of hydrogen-bond donors (Lipinski definition) is 2. The molecule has 3 aromatic rings. The van der Waals surface area contributed by atoms with E-state index in [0.717, 1.165) is 44.0 Å². The van der Waals surface area contributed by atoms with Crippen LogP contribution in [-0.2, 0) is 0 Å². The first-order valence-electron chi connectivity index (χ1n) is 12.3. The molecule has 0 saturated carbocycles. The van der Waals surface area contributed by atoms with Crippen molar-refractivity contribution in [2.24, 2.45) is 0 Å². The van der Waals surface area contributed by atoms with Crippen molar-refractivity contribution in [3.05, 3.63) is 89.5 Å². The number of rotatable bonds is 6. The number of hydrogen-bond acceptors (Lipinski definition) is 4. The Balaban J connectivity index is 0.00000361. The summed E-state index contributed by atoms with van der Waals surface area (Å²) in [5.41, 5.74) is 4.51. The van der Waals surface area contributed by atoms with Gasteiger partial charge in [0.15, 0.2) is 0 Å². The number of nitrogens with zero attached hydrogens (tertiary/aromatic N) is 2. The van der Waals surface area contributed by atoms with Gasteiger partial charge in [-0.05, 0) is 80.0 Å². The van der Waals surface area contributed by atoms with E-state index in [1.54, 1.807) is 18.2 Å². The maximum absolute atomic E-state index is 13.0. The van der Waals surface area contributed by atoms with E-state index >= 15 is 0 Å². The van der Waals surface area contributed by atoms with E-state index in [2.05, 4.69) is 41.3 Å². The highest BCUT2D eigenvalue weighted by atomic mass is 35.5. The standard InChI is InChI=1S/C29H34N4O2.ClH/c1-21(2)22-9-13-24(14-10-22)30-29(35)26-7-4-5-8-27(26)31-28(34)23-11-15-25(16-12-23)33-18-6-17-32(3)19-20-33;/h4-5,7-16,21H,6,17-20H2,1-3H3,(H,30,35)(H,31,34);1H. The van der Waals surface area contributed by atoms with E-state index < -0.39 is 0 Å². The zero-order valence-corrected chi connectivity index (χ0v) is 22.0. The molecule has 6 nitrogen and oxygen atoms in total. The maximum Gasteiger partial charge on any atom is 0.257 e. The molecule has 2 N–H and O–H groups in total. The summed E-state index contributed by atoms with van der Waals surface area (Å²) in [5, 5.41) is 5.84. The number of para-hydroxylation sites is 1. The largest absolute Gasteiger partial charge is 0.370 e. The first kappa shape index (κ1) is 27.2. The SMILES string of the molecule is CC(C)c1ccc(NC(=O)c2ccccc2NC(=O)c2ccc(N3CCCN(C)CC3)cc2)cc1.Cl. The molecule has 0 spiro atoms. The third-order valence-electron chi connectivity index (χ3n) is 6.47. The number of anilines is 3. The molecule has 36 heavy (non-hydrogen) atoms.